The van der Waals surface area contributed by atoms with Gasteiger partial charge in [-0.2, -0.15) is 27.9 Å². The molecule has 0 radical (unpaired) electrons. The van der Waals surface area contributed by atoms with Crippen LogP contribution in [0.2, 0.25) is 0 Å². The summed E-state index contributed by atoms with van der Waals surface area (Å²) in [5.74, 6) is -1.04. The van der Waals surface area contributed by atoms with E-state index in [-0.39, 0.29) is 11.4 Å². The van der Waals surface area contributed by atoms with Gasteiger partial charge in [-0.15, -0.1) is 11.3 Å². The van der Waals surface area contributed by atoms with E-state index in [1.165, 1.54) is 22.7 Å². The molecule has 0 spiro atoms. The average molecular weight is 501 g/mol. The quantitative estimate of drug-likeness (QED) is 0.273. The number of thiophene rings is 3. The van der Waals surface area contributed by atoms with Crippen LogP contribution in [0.4, 0.5) is 11.5 Å². The molecule has 5 rings (SSSR count). The number of anilines is 2. The number of carbonyl (C=O) groups is 2. The van der Waals surface area contributed by atoms with Gasteiger partial charge in [0.2, 0.25) is 0 Å². The number of pyridine rings is 1. The van der Waals surface area contributed by atoms with E-state index < -0.39 is 11.8 Å². The molecule has 0 saturated heterocycles. The first-order valence-corrected chi connectivity index (χ1v) is 13.0. The van der Waals surface area contributed by atoms with E-state index in [4.69, 9.17) is 0 Å². The molecule has 4 aromatic heterocycles. The van der Waals surface area contributed by atoms with E-state index in [1.807, 2.05) is 35.7 Å². The minimum Gasteiger partial charge on any atom is -0.378 e. The summed E-state index contributed by atoms with van der Waals surface area (Å²) in [6.45, 7) is 0.497. The van der Waals surface area contributed by atoms with Crippen molar-refractivity contribution in [2.45, 2.75) is 6.54 Å². The second kappa shape index (κ2) is 9.57. The molecule has 0 unspecified atom stereocenters. The summed E-state index contributed by atoms with van der Waals surface area (Å²) in [6, 6.07) is 16.9. The van der Waals surface area contributed by atoms with Crippen LogP contribution in [0, 0.1) is 11.3 Å². The van der Waals surface area contributed by atoms with Crippen molar-refractivity contribution in [3.8, 4) is 6.07 Å². The first-order chi connectivity index (χ1) is 16.7. The predicted octanol–water partition coefficient (Wildman–Crippen LogP) is 6.39. The third kappa shape index (κ3) is 4.10. The number of amides is 2. The number of rotatable bonds is 6. The lowest BCUT2D eigenvalue weighted by atomic mass is 10.1. The minimum atomic E-state index is -0.527. The van der Waals surface area contributed by atoms with Gasteiger partial charge in [0.15, 0.2) is 5.82 Å². The molecule has 5 aromatic rings. The van der Waals surface area contributed by atoms with Crippen molar-refractivity contribution < 1.29 is 9.59 Å². The summed E-state index contributed by atoms with van der Waals surface area (Å²) >= 11 is 4.32. The summed E-state index contributed by atoms with van der Waals surface area (Å²) in [5.41, 5.74) is 1.98. The molecule has 0 bridgehead atoms. The molecule has 0 saturated carbocycles. The van der Waals surface area contributed by atoms with Crippen LogP contribution in [0.5, 0.6) is 0 Å². The first-order valence-electron chi connectivity index (χ1n) is 10.2. The molecule has 9 heteroatoms. The van der Waals surface area contributed by atoms with Crippen molar-refractivity contribution in [2.24, 2.45) is 0 Å². The molecule has 0 fully saturated rings. The number of hydrogen-bond donors (Lipinski definition) is 1. The van der Waals surface area contributed by atoms with Crippen LogP contribution in [0.15, 0.2) is 75.4 Å². The van der Waals surface area contributed by atoms with E-state index in [2.05, 4.69) is 16.4 Å². The number of nitriles is 1. The van der Waals surface area contributed by atoms with Gasteiger partial charge in [0.05, 0.1) is 22.3 Å². The fraction of sp³-hybridized carbons (Fsp3) is 0.0400. The van der Waals surface area contributed by atoms with Crippen molar-refractivity contribution >= 4 is 68.2 Å². The van der Waals surface area contributed by atoms with Gasteiger partial charge in [0.25, 0.3) is 11.8 Å². The molecule has 1 aromatic carbocycles. The summed E-state index contributed by atoms with van der Waals surface area (Å²) in [6.07, 6.45) is 0. The highest BCUT2D eigenvalue weighted by atomic mass is 32.1. The van der Waals surface area contributed by atoms with Crippen molar-refractivity contribution in [3.63, 3.8) is 0 Å². The Kier molecular flexibility index (Phi) is 6.18. The van der Waals surface area contributed by atoms with Crippen LogP contribution in [0.25, 0.3) is 10.9 Å². The zero-order valence-electron chi connectivity index (χ0n) is 17.6. The number of carbonyl (C=O) groups excluding carboxylic acids is 2. The van der Waals surface area contributed by atoms with Crippen molar-refractivity contribution in [3.05, 3.63) is 97.0 Å². The lowest BCUT2D eigenvalue weighted by Crippen LogP contribution is -2.38. The van der Waals surface area contributed by atoms with Crippen LogP contribution in [0.1, 0.15) is 31.2 Å². The van der Waals surface area contributed by atoms with Gasteiger partial charge in [-0.1, -0.05) is 24.3 Å². The van der Waals surface area contributed by atoms with Gasteiger partial charge in [0.1, 0.15) is 11.6 Å². The molecule has 0 aliphatic rings. The second-order valence-electron chi connectivity index (χ2n) is 7.22. The smallest absolute Gasteiger partial charge is 0.267 e. The fourth-order valence-electron chi connectivity index (χ4n) is 3.55. The van der Waals surface area contributed by atoms with Crippen molar-refractivity contribution in [1.29, 1.82) is 5.26 Å². The first kappa shape index (κ1) is 22.0. The molecule has 6 nitrogen and oxygen atoms in total. The lowest BCUT2D eigenvalue weighted by molar-refractivity contribution is 0.0897. The third-order valence-corrected chi connectivity index (χ3v) is 7.40. The lowest BCUT2D eigenvalue weighted by Gasteiger charge is -2.23. The minimum absolute atomic E-state index is 0.0160. The monoisotopic (exact) mass is 500 g/mol. The largest absolute Gasteiger partial charge is 0.378 e. The van der Waals surface area contributed by atoms with Crippen LogP contribution < -0.4 is 10.2 Å². The van der Waals surface area contributed by atoms with Crippen LogP contribution in [0.3, 0.4) is 0 Å². The Morgan fingerprint density at radius 1 is 0.941 bits per heavy atom. The molecule has 34 heavy (non-hydrogen) atoms. The number of nitrogens with one attached hydrogen (secondary N) is 1. The van der Waals surface area contributed by atoms with Gasteiger partial charge < -0.3 is 5.32 Å². The standard InChI is InChI=1S/C25H16N4O2S3/c26-12-20-22(27-13-18-4-3-9-34-18)19-5-1-2-6-21(19)28-23(20)29(24(30)16-7-10-32-14-16)25(31)17-8-11-33-15-17/h1-11,14-15H,13H2,(H,27,28). The maximum absolute atomic E-state index is 13.6. The van der Waals surface area contributed by atoms with E-state index in [0.717, 1.165) is 15.2 Å². The molecular weight excluding hydrogens is 485 g/mol. The van der Waals surface area contributed by atoms with E-state index in [0.29, 0.717) is 28.9 Å². The number of hydrogen-bond acceptors (Lipinski definition) is 8. The third-order valence-electron chi connectivity index (χ3n) is 5.16. The number of nitrogens with zero attached hydrogens (tertiary/aromatic N) is 3. The zero-order valence-corrected chi connectivity index (χ0v) is 20.0. The topological polar surface area (TPSA) is 86.1 Å². The molecule has 0 aliphatic carbocycles. The molecular formula is C25H16N4O2S3. The summed E-state index contributed by atoms with van der Waals surface area (Å²) in [7, 11) is 0. The van der Waals surface area contributed by atoms with Gasteiger partial charge in [-0.05, 0) is 40.4 Å². The maximum Gasteiger partial charge on any atom is 0.267 e. The molecule has 4 heterocycles. The summed E-state index contributed by atoms with van der Waals surface area (Å²) in [5, 5.41) is 23.2. The van der Waals surface area contributed by atoms with Crippen LogP contribution in [-0.4, -0.2) is 16.8 Å². The average Bonchev–Trinajstić information content (AvgIpc) is 3.65. The Balaban J connectivity index is 1.71. The Labute approximate surface area is 207 Å². The normalized spacial score (nSPS) is 10.7. The second-order valence-corrected chi connectivity index (χ2v) is 9.81. The van der Waals surface area contributed by atoms with Crippen molar-refractivity contribution in [2.75, 3.05) is 10.2 Å². The zero-order chi connectivity index (χ0) is 23.5. The molecule has 0 aliphatic heterocycles. The molecule has 1 N–H and O–H groups in total. The number of fused-ring (bicyclic) bond motifs is 1. The Morgan fingerprint density at radius 3 is 2.24 bits per heavy atom. The number of imide groups is 1. The molecule has 2 amide bonds. The maximum atomic E-state index is 13.6. The Hall–Kier alpha value is -3.84. The molecule has 166 valence electrons. The Morgan fingerprint density at radius 2 is 1.65 bits per heavy atom. The van der Waals surface area contributed by atoms with E-state index in [1.54, 1.807) is 51.1 Å². The highest BCUT2D eigenvalue weighted by molar-refractivity contribution is 7.10. The van der Waals surface area contributed by atoms with Gasteiger partial charge in [-0.25, -0.2) is 9.88 Å². The fourth-order valence-corrected chi connectivity index (χ4v) is 5.46. The summed E-state index contributed by atoms with van der Waals surface area (Å²) < 4.78 is 0. The SMILES string of the molecule is N#Cc1c(N(C(=O)c2ccsc2)C(=O)c2ccsc2)nc2ccccc2c1NCc1cccs1. The van der Waals surface area contributed by atoms with Gasteiger partial charge >= 0.3 is 0 Å². The van der Waals surface area contributed by atoms with E-state index >= 15 is 0 Å². The van der Waals surface area contributed by atoms with Gasteiger partial charge in [0, 0.05) is 27.6 Å². The summed E-state index contributed by atoms with van der Waals surface area (Å²) in [4.78, 5) is 33.9. The number of para-hydroxylation sites is 1. The Bertz CT molecular complexity index is 1460. The highest BCUT2D eigenvalue weighted by Gasteiger charge is 2.31. The van der Waals surface area contributed by atoms with E-state index in [9.17, 15) is 14.9 Å². The number of aromatic nitrogens is 1. The van der Waals surface area contributed by atoms with Crippen LogP contribution >= 0.6 is 34.0 Å². The van der Waals surface area contributed by atoms with Gasteiger partial charge in [-0.3, -0.25) is 9.59 Å². The highest BCUT2D eigenvalue weighted by Crippen LogP contribution is 2.35. The predicted molar refractivity (Wildman–Crippen MR) is 138 cm³/mol. The molecule has 0 atom stereocenters. The van der Waals surface area contributed by atoms with Crippen molar-refractivity contribution in [1.82, 2.24) is 4.98 Å². The number of benzene rings is 1. The van der Waals surface area contributed by atoms with Crippen LogP contribution in [-0.2, 0) is 6.54 Å².